The van der Waals surface area contributed by atoms with E-state index in [9.17, 15) is 0 Å². The third-order valence-corrected chi connectivity index (χ3v) is 13.1. The minimum Gasteiger partial charge on any atom is -0.228 e. The Labute approximate surface area is 355 Å². The third-order valence-electron chi connectivity index (χ3n) is 13.1. The van der Waals surface area contributed by atoms with Crippen LogP contribution in [0.5, 0.6) is 0 Å². The van der Waals surface area contributed by atoms with Gasteiger partial charge in [0.1, 0.15) is 0 Å². The average Bonchev–Trinajstić information content (AvgIpc) is 3.56. The van der Waals surface area contributed by atoms with Crippen LogP contribution in [0.25, 0.3) is 110 Å². The lowest BCUT2D eigenvalue weighted by Crippen LogP contribution is -2.14. The first-order valence-electron chi connectivity index (χ1n) is 21.1. The lowest BCUT2D eigenvalue weighted by Gasteiger charge is -2.22. The topological polar surface area (TPSA) is 25.8 Å². The fourth-order valence-corrected chi connectivity index (χ4v) is 10.0. The van der Waals surface area contributed by atoms with Gasteiger partial charge in [0.2, 0.25) is 0 Å². The lowest BCUT2D eigenvalue weighted by atomic mass is 9.81. The van der Waals surface area contributed by atoms with Gasteiger partial charge in [-0.2, -0.15) is 0 Å². The van der Waals surface area contributed by atoms with Crippen LogP contribution >= 0.6 is 0 Å². The van der Waals surface area contributed by atoms with Crippen LogP contribution in [0.15, 0.2) is 206 Å². The number of benzene rings is 10. The second-order valence-corrected chi connectivity index (χ2v) is 16.9. The Morgan fingerprint density at radius 3 is 1.57 bits per heavy atom. The molecule has 1 aromatic heterocycles. The summed E-state index contributed by atoms with van der Waals surface area (Å²) < 4.78 is 0. The molecule has 12 rings (SSSR count). The quantitative estimate of drug-likeness (QED) is 0.174. The molecule has 1 heterocycles. The molecule has 1 aliphatic carbocycles. The SMILES string of the molecule is CC1(C)c2ccc(-c3ccc(-c4ccc(-c5cc(-c6ccc7ccccc7c6)nc(-c6ccccc6)n5)c5ccccc45)c4ccccc34)cc2-c2c1ccc1ccccc21. The first-order chi connectivity index (χ1) is 30.0. The minimum absolute atomic E-state index is 0.0702. The van der Waals surface area contributed by atoms with E-state index in [0.29, 0.717) is 5.82 Å². The molecule has 0 atom stereocenters. The molecule has 0 amide bonds. The van der Waals surface area contributed by atoms with Gasteiger partial charge in [-0.25, -0.2) is 9.97 Å². The van der Waals surface area contributed by atoms with Gasteiger partial charge in [0, 0.05) is 22.1 Å². The van der Waals surface area contributed by atoms with Crippen molar-refractivity contribution in [3.8, 4) is 67.3 Å². The molecule has 2 heteroatoms. The van der Waals surface area contributed by atoms with Gasteiger partial charge in [0.25, 0.3) is 0 Å². The lowest BCUT2D eigenvalue weighted by molar-refractivity contribution is 0.661. The monoisotopic (exact) mass is 776 g/mol. The third kappa shape index (κ3) is 5.64. The molecule has 0 fully saturated rings. The summed E-state index contributed by atoms with van der Waals surface area (Å²) in [6, 6.07) is 75.0. The minimum atomic E-state index is -0.0702. The molecule has 0 aliphatic heterocycles. The summed E-state index contributed by atoms with van der Waals surface area (Å²) >= 11 is 0. The van der Waals surface area contributed by atoms with Crippen LogP contribution in [0.4, 0.5) is 0 Å². The number of hydrogen-bond acceptors (Lipinski definition) is 2. The molecule has 0 bridgehead atoms. The molecule has 1 aliphatic rings. The van der Waals surface area contributed by atoms with Gasteiger partial charge in [-0.1, -0.05) is 202 Å². The number of rotatable bonds is 5. The van der Waals surface area contributed by atoms with Gasteiger partial charge in [-0.05, 0) is 106 Å². The molecule has 0 N–H and O–H groups in total. The highest BCUT2D eigenvalue weighted by molar-refractivity contribution is 6.12. The summed E-state index contributed by atoms with van der Waals surface area (Å²) in [5.74, 6) is 0.711. The maximum atomic E-state index is 5.26. The second kappa shape index (κ2) is 13.7. The molecule has 11 aromatic rings. The van der Waals surface area contributed by atoms with Crippen molar-refractivity contribution in [1.82, 2.24) is 9.97 Å². The molecular formula is C59H40N2. The standard InChI is InChI=1S/C59H40N2/c1-59(2)53-32-27-41(35-52(53)57-44-19-9-8-15-38(44)26-33-54(57)59)43-28-29-49(46-21-11-10-20-45(43)46)50-30-31-51(48-23-13-12-22-47(48)50)56-36-55(60-58(61-56)39-16-4-3-5-17-39)42-25-24-37-14-6-7-18-40(37)34-42/h3-36H,1-2H3. The highest BCUT2D eigenvalue weighted by Crippen LogP contribution is 2.52. The van der Waals surface area contributed by atoms with Crippen molar-refractivity contribution < 1.29 is 0 Å². The maximum absolute atomic E-state index is 5.26. The van der Waals surface area contributed by atoms with Gasteiger partial charge < -0.3 is 0 Å². The molecule has 0 saturated carbocycles. The van der Waals surface area contributed by atoms with Gasteiger partial charge in [-0.15, -0.1) is 0 Å². The van der Waals surface area contributed by atoms with E-state index < -0.39 is 0 Å². The van der Waals surface area contributed by atoms with Crippen LogP contribution in [-0.4, -0.2) is 9.97 Å². The van der Waals surface area contributed by atoms with Crippen LogP contribution in [0.2, 0.25) is 0 Å². The largest absolute Gasteiger partial charge is 0.228 e. The number of fused-ring (bicyclic) bond motifs is 8. The summed E-state index contributed by atoms with van der Waals surface area (Å²) in [6.45, 7) is 4.73. The molecule has 10 aromatic carbocycles. The average molecular weight is 777 g/mol. The Morgan fingerprint density at radius 2 is 0.836 bits per heavy atom. The molecule has 2 nitrogen and oxygen atoms in total. The van der Waals surface area contributed by atoms with Gasteiger partial charge in [0.05, 0.1) is 11.4 Å². The predicted molar refractivity (Wildman–Crippen MR) is 257 cm³/mol. The maximum Gasteiger partial charge on any atom is 0.160 e. The van der Waals surface area contributed by atoms with Crippen molar-refractivity contribution in [2.75, 3.05) is 0 Å². The van der Waals surface area contributed by atoms with Crippen molar-refractivity contribution in [2.24, 2.45) is 0 Å². The molecule has 0 saturated heterocycles. The van der Waals surface area contributed by atoms with Crippen molar-refractivity contribution in [3.05, 3.63) is 217 Å². The number of hydrogen-bond donors (Lipinski definition) is 0. The van der Waals surface area contributed by atoms with Crippen LogP contribution in [0, 0.1) is 0 Å². The Balaban J connectivity index is 1.01. The molecule has 61 heavy (non-hydrogen) atoms. The molecule has 0 spiro atoms. The van der Waals surface area contributed by atoms with Gasteiger partial charge >= 0.3 is 0 Å². The zero-order valence-corrected chi connectivity index (χ0v) is 34.0. The van der Waals surface area contributed by atoms with E-state index in [4.69, 9.17) is 9.97 Å². The zero-order valence-electron chi connectivity index (χ0n) is 34.0. The van der Waals surface area contributed by atoms with Crippen molar-refractivity contribution in [3.63, 3.8) is 0 Å². The molecular weight excluding hydrogens is 737 g/mol. The molecule has 286 valence electrons. The van der Waals surface area contributed by atoms with Crippen molar-refractivity contribution in [1.29, 1.82) is 0 Å². The van der Waals surface area contributed by atoms with E-state index in [2.05, 4.69) is 202 Å². The smallest absolute Gasteiger partial charge is 0.160 e. The highest BCUT2D eigenvalue weighted by atomic mass is 14.9. The first-order valence-corrected chi connectivity index (χ1v) is 21.1. The summed E-state index contributed by atoms with van der Waals surface area (Å²) in [4.78, 5) is 10.4. The number of nitrogens with zero attached hydrogens (tertiary/aromatic N) is 2. The summed E-state index contributed by atoms with van der Waals surface area (Å²) in [6.07, 6.45) is 0. The number of aromatic nitrogens is 2. The Kier molecular flexibility index (Phi) is 7.92. The summed E-state index contributed by atoms with van der Waals surface area (Å²) in [7, 11) is 0. The van der Waals surface area contributed by atoms with E-state index in [1.165, 1.54) is 82.2 Å². The molecule has 0 unspecified atom stereocenters. The van der Waals surface area contributed by atoms with Crippen LogP contribution in [0.3, 0.4) is 0 Å². The Hall–Kier alpha value is -7.68. The summed E-state index contributed by atoms with van der Waals surface area (Å²) in [5, 5.41) is 9.82. The fourth-order valence-electron chi connectivity index (χ4n) is 10.0. The van der Waals surface area contributed by atoms with E-state index in [1.807, 2.05) is 18.2 Å². The summed E-state index contributed by atoms with van der Waals surface area (Å²) in [5.41, 5.74) is 15.3. The van der Waals surface area contributed by atoms with Crippen LogP contribution in [0.1, 0.15) is 25.0 Å². The predicted octanol–water partition coefficient (Wildman–Crippen LogP) is 15.7. The van der Waals surface area contributed by atoms with Gasteiger partial charge in [-0.3, -0.25) is 0 Å². The van der Waals surface area contributed by atoms with Crippen LogP contribution < -0.4 is 0 Å². The highest BCUT2D eigenvalue weighted by Gasteiger charge is 2.36. The van der Waals surface area contributed by atoms with Crippen LogP contribution in [-0.2, 0) is 5.41 Å². The van der Waals surface area contributed by atoms with E-state index in [0.717, 1.165) is 33.5 Å². The Morgan fingerprint density at radius 1 is 0.311 bits per heavy atom. The zero-order chi connectivity index (χ0) is 40.7. The second-order valence-electron chi connectivity index (χ2n) is 16.9. The van der Waals surface area contributed by atoms with Gasteiger partial charge in [0.15, 0.2) is 5.82 Å². The fraction of sp³-hybridized carbons (Fsp3) is 0.0508. The normalized spacial score (nSPS) is 12.9. The Bertz CT molecular complexity index is 3560. The van der Waals surface area contributed by atoms with E-state index in [1.54, 1.807) is 0 Å². The van der Waals surface area contributed by atoms with Crippen molar-refractivity contribution >= 4 is 43.1 Å². The van der Waals surface area contributed by atoms with E-state index >= 15 is 0 Å². The van der Waals surface area contributed by atoms with E-state index in [-0.39, 0.29) is 5.41 Å². The molecule has 0 radical (unpaired) electrons. The van der Waals surface area contributed by atoms with Crippen molar-refractivity contribution in [2.45, 2.75) is 19.3 Å². The first kappa shape index (κ1) is 35.3.